The largest absolute Gasteiger partial charge is 0.310 e. The first kappa shape index (κ1) is 36.8. The summed E-state index contributed by atoms with van der Waals surface area (Å²) in [6.45, 7) is 0. The fourth-order valence-electron chi connectivity index (χ4n) is 9.16. The van der Waals surface area contributed by atoms with Crippen LogP contribution in [-0.2, 0) is 0 Å². The zero-order chi connectivity index (χ0) is 41.2. The number of hydrogen-bond donors (Lipinski definition) is 0. The Balaban J connectivity index is 1.08. The van der Waals surface area contributed by atoms with Gasteiger partial charge in [0.15, 0.2) is 0 Å². The van der Waals surface area contributed by atoms with E-state index in [1.807, 2.05) is 0 Å². The molecule has 2 nitrogen and oxygen atoms in total. The Kier molecular flexibility index (Phi) is 9.57. The molecule has 0 saturated heterocycles. The lowest BCUT2D eigenvalue weighted by Crippen LogP contribution is -2.10. The summed E-state index contributed by atoms with van der Waals surface area (Å²) in [6, 6.07) is 92.1. The van der Waals surface area contributed by atoms with Crippen molar-refractivity contribution in [3.8, 4) is 61.3 Å². The highest BCUT2D eigenvalue weighted by Gasteiger charge is 2.20. The maximum absolute atomic E-state index is 2.38. The van der Waals surface area contributed by atoms with Crippen LogP contribution in [0.2, 0.25) is 0 Å². The molecule has 0 amide bonds. The van der Waals surface area contributed by atoms with Crippen LogP contribution in [0, 0.1) is 0 Å². The van der Waals surface area contributed by atoms with Gasteiger partial charge in [0, 0.05) is 33.5 Å². The zero-order valence-corrected chi connectivity index (χ0v) is 34.1. The first-order valence-electron chi connectivity index (χ1n) is 21.3. The molecule has 0 atom stereocenters. The smallest absolute Gasteiger partial charge is 0.0541 e. The molecule has 0 N–H and O–H groups in total. The molecule has 0 fully saturated rings. The highest BCUT2D eigenvalue weighted by molar-refractivity contribution is 6.09. The predicted molar refractivity (Wildman–Crippen MR) is 263 cm³/mol. The van der Waals surface area contributed by atoms with Gasteiger partial charge in [-0.3, -0.25) is 0 Å². The monoisotopic (exact) mass is 790 g/mol. The van der Waals surface area contributed by atoms with E-state index in [9.17, 15) is 0 Å². The van der Waals surface area contributed by atoms with E-state index in [4.69, 9.17) is 0 Å². The van der Waals surface area contributed by atoms with Crippen LogP contribution < -0.4 is 4.90 Å². The summed E-state index contributed by atoms with van der Waals surface area (Å²) in [6.07, 6.45) is 0. The van der Waals surface area contributed by atoms with Gasteiger partial charge in [0.25, 0.3) is 0 Å². The van der Waals surface area contributed by atoms with Crippen LogP contribution in [0.15, 0.2) is 255 Å². The minimum Gasteiger partial charge on any atom is -0.310 e. The third-order valence-electron chi connectivity index (χ3n) is 12.0. The number of anilines is 3. The van der Waals surface area contributed by atoms with E-state index >= 15 is 0 Å². The number of aromatic nitrogens is 1. The van der Waals surface area contributed by atoms with E-state index < -0.39 is 0 Å². The van der Waals surface area contributed by atoms with Crippen molar-refractivity contribution in [1.82, 2.24) is 4.57 Å². The molecule has 62 heavy (non-hydrogen) atoms. The summed E-state index contributed by atoms with van der Waals surface area (Å²) in [7, 11) is 0. The molecule has 0 aliphatic rings. The van der Waals surface area contributed by atoms with Crippen molar-refractivity contribution in [1.29, 1.82) is 0 Å². The molecule has 0 saturated carbocycles. The van der Waals surface area contributed by atoms with Gasteiger partial charge in [-0.25, -0.2) is 0 Å². The van der Waals surface area contributed by atoms with Crippen molar-refractivity contribution in [2.45, 2.75) is 0 Å². The summed E-state index contributed by atoms with van der Waals surface area (Å²) in [5, 5.41) is 2.51. The van der Waals surface area contributed by atoms with Crippen molar-refractivity contribution >= 4 is 38.9 Å². The van der Waals surface area contributed by atoms with Crippen LogP contribution in [0.4, 0.5) is 17.1 Å². The van der Waals surface area contributed by atoms with Gasteiger partial charge in [0.05, 0.1) is 11.0 Å². The maximum Gasteiger partial charge on any atom is 0.0541 e. The van der Waals surface area contributed by atoms with Crippen molar-refractivity contribution in [3.63, 3.8) is 0 Å². The Morgan fingerprint density at radius 2 is 0.677 bits per heavy atom. The average Bonchev–Trinajstić information content (AvgIpc) is 3.69. The molecule has 1 aromatic heterocycles. The quantitative estimate of drug-likeness (QED) is 0.141. The molecule has 0 aliphatic carbocycles. The number of nitrogens with zero attached hydrogens (tertiary/aromatic N) is 2. The van der Waals surface area contributed by atoms with Crippen molar-refractivity contribution in [3.05, 3.63) is 255 Å². The van der Waals surface area contributed by atoms with Gasteiger partial charge < -0.3 is 9.47 Å². The van der Waals surface area contributed by atoms with Crippen molar-refractivity contribution in [2.24, 2.45) is 0 Å². The molecule has 10 aromatic carbocycles. The van der Waals surface area contributed by atoms with Gasteiger partial charge in [0.1, 0.15) is 0 Å². The molecular formula is C60H42N2. The van der Waals surface area contributed by atoms with Gasteiger partial charge in [-0.2, -0.15) is 0 Å². The fraction of sp³-hybridized carbons (Fsp3) is 0. The van der Waals surface area contributed by atoms with E-state index in [1.54, 1.807) is 0 Å². The highest BCUT2D eigenvalue weighted by Crippen LogP contribution is 2.46. The Labute approximate surface area is 362 Å². The molecule has 0 radical (unpaired) electrons. The predicted octanol–water partition coefficient (Wildman–Crippen LogP) is 16.6. The second-order valence-corrected chi connectivity index (χ2v) is 15.7. The van der Waals surface area contributed by atoms with E-state index in [-0.39, 0.29) is 0 Å². The fourth-order valence-corrected chi connectivity index (χ4v) is 9.16. The average molecular weight is 791 g/mol. The Hall–Kier alpha value is -8.20. The first-order valence-corrected chi connectivity index (χ1v) is 21.3. The van der Waals surface area contributed by atoms with Gasteiger partial charge in [0.2, 0.25) is 0 Å². The lowest BCUT2D eigenvalue weighted by molar-refractivity contribution is 1.17. The van der Waals surface area contributed by atoms with Crippen LogP contribution in [0.25, 0.3) is 83.1 Å². The second-order valence-electron chi connectivity index (χ2n) is 15.7. The number of rotatable bonds is 9. The summed E-state index contributed by atoms with van der Waals surface area (Å²) < 4.78 is 2.38. The van der Waals surface area contributed by atoms with Crippen LogP contribution in [0.1, 0.15) is 0 Å². The Bertz CT molecular complexity index is 3260. The molecule has 11 aromatic rings. The van der Waals surface area contributed by atoms with Crippen LogP contribution in [0.5, 0.6) is 0 Å². The normalized spacial score (nSPS) is 11.2. The minimum absolute atomic E-state index is 1.08. The number of fused-ring (bicyclic) bond motifs is 3. The molecule has 0 unspecified atom stereocenters. The summed E-state index contributed by atoms with van der Waals surface area (Å²) in [4.78, 5) is 2.38. The molecule has 0 bridgehead atoms. The molecule has 0 aliphatic heterocycles. The Morgan fingerprint density at radius 1 is 0.258 bits per heavy atom. The minimum atomic E-state index is 1.08. The first-order chi connectivity index (χ1) is 30.8. The number of para-hydroxylation sites is 2. The van der Waals surface area contributed by atoms with Gasteiger partial charge in [-0.15, -0.1) is 0 Å². The van der Waals surface area contributed by atoms with Crippen molar-refractivity contribution in [2.75, 3.05) is 4.90 Å². The maximum atomic E-state index is 2.38. The molecular weight excluding hydrogens is 749 g/mol. The second kappa shape index (κ2) is 16.1. The summed E-state index contributed by atoms with van der Waals surface area (Å²) in [5.74, 6) is 0. The van der Waals surface area contributed by atoms with Crippen molar-refractivity contribution < 1.29 is 0 Å². The standard InChI is InChI=1S/C60H42N2/c1-4-18-43(19-5-1)44-34-36-48(37-35-44)61(49-38-40-50(41-39-49)62-58-32-14-12-27-55(58)56-28-13-15-33-59(56)62)51-25-16-24-47(42-51)54-31-17-30-53(46-22-8-3-9-23-46)60(54)57-29-11-10-26-52(57)45-20-6-2-7-21-45/h1-42H. The summed E-state index contributed by atoms with van der Waals surface area (Å²) >= 11 is 0. The molecule has 11 rings (SSSR count). The van der Waals surface area contributed by atoms with Crippen LogP contribution in [-0.4, -0.2) is 4.57 Å². The van der Waals surface area contributed by atoms with E-state index in [0.29, 0.717) is 0 Å². The summed E-state index contributed by atoms with van der Waals surface area (Å²) in [5.41, 5.74) is 18.7. The van der Waals surface area contributed by atoms with Gasteiger partial charge >= 0.3 is 0 Å². The number of benzene rings is 10. The molecule has 2 heteroatoms. The SMILES string of the molecule is c1ccc(-c2ccc(N(c3ccc(-n4c5ccccc5c5ccccc54)cc3)c3cccc(-c4cccc(-c5ccccc5)c4-c4ccccc4-c4ccccc4)c3)cc2)cc1. The molecule has 0 spiro atoms. The van der Waals surface area contributed by atoms with E-state index in [0.717, 1.165) is 28.3 Å². The number of hydrogen-bond acceptors (Lipinski definition) is 1. The third kappa shape index (κ3) is 6.74. The van der Waals surface area contributed by atoms with E-state index in [1.165, 1.54) is 71.9 Å². The lowest BCUT2D eigenvalue weighted by atomic mass is 9.84. The Morgan fingerprint density at radius 3 is 1.29 bits per heavy atom. The van der Waals surface area contributed by atoms with E-state index in [2.05, 4.69) is 264 Å². The van der Waals surface area contributed by atoms with Gasteiger partial charge in [-0.05, 0) is 116 Å². The third-order valence-corrected chi connectivity index (χ3v) is 12.0. The van der Waals surface area contributed by atoms with Crippen LogP contribution in [0.3, 0.4) is 0 Å². The van der Waals surface area contributed by atoms with Crippen LogP contribution >= 0.6 is 0 Å². The van der Waals surface area contributed by atoms with Gasteiger partial charge in [-0.1, -0.05) is 194 Å². The topological polar surface area (TPSA) is 8.17 Å². The highest BCUT2D eigenvalue weighted by atomic mass is 15.1. The molecule has 1 heterocycles. The zero-order valence-electron chi connectivity index (χ0n) is 34.1. The lowest BCUT2D eigenvalue weighted by Gasteiger charge is -2.27. The molecule has 292 valence electrons.